The molecule has 0 N–H and O–H groups in total. The molecule has 0 spiro atoms. The van der Waals surface area contributed by atoms with Crippen LogP contribution in [0, 0.1) is 0 Å². The smallest absolute Gasteiger partial charge is 0.263 e. The Morgan fingerprint density at radius 1 is 1.32 bits per heavy atom. The summed E-state index contributed by atoms with van der Waals surface area (Å²) in [6, 6.07) is 7.84. The molecule has 4 rings (SSSR count). The molecule has 0 amide bonds. The number of rotatable bonds is 4. The van der Waals surface area contributed by atoms with Crippen molar-refractivity contribution in [2.24, 2.45) is 0 Å². The highest BCUT2D eigenvalue weighted by Gasteiger charge is 2.21. The minimum Gasteiger partial charge on any atom is -0.287 e. The van der Waals surface area contributed by atoms with Gasteiger partial charge in [0.2, 0.25) is 0 Å². The zero-order chi connectivity index (χ0) is 17.4. The van der Waals surface area contributed by atoms with Crippen molar-refractivity contribution in [3.63, 3.8) is 0 Å². The van der Waals surface area contributed by atoms with Gasteiger partial charge in [0.25, 0.3) is 5.56 Å². The van der Waals surface area contributed by atoms with Crippen LogP contribution >= 0.6 is 34.7 Å². The molecule has 1 aliphatic carbocycles. The molecule has 130 valence electrons. The zero-order valence-corrected chi connectivity index (χ0v) is 16.4. The van der Waals surface area contributed by atoms with Crippen LogP contribution in [0.4, 0.5) is 0 Å². The Hall–Kier alpha value is -1.30. The molecule has 0 bridgehead atoms. The summed E-state index contributed by atoms with van der Waals surface area (Å²) in [7, 11) is 0. The average Bonchev–Trinajstić information content (AvgIpc) is 2.98. The fraction of sp³-hybridized carbons (Fsp3) is 0.368. The first-order valence-electron chi connectivity index (χ1n) is 8.59. The maximum absolute atomic E-state index is 13.1. The quantitative estimate of drug-likeness (QED) is 0.447. The van der Waals surface area contributed by atoms with Crippen LogP contribution in [-0.4, -0.2) is 9.55 Å². The largest absolute Gasteiger partial charge is 0.287 e. The van der Waals surface area contributed by atoms with Crippen LogP contribution < -0.4 is 5.56 Å². The Balaban J connectivity index is 1.74. The highest BCUT2D eigenvalue weighted by Crippen LogP contribution is 2.35. The molecule has 25 heavy (non-hydrogen) atoms. The Bertz CT molecular complexity index is 993. The van der Waals surface area contributed by atoms with E-state index in [1.165, 1.54) is 23.3 Å². The summed E-state index contributed by atoms with van der Waals surface area (Å²) < 4.78 is 1.82. The lowest BCUT2D eigenvalue weighted by atomic mass is 9.97. The molecule has 0 saturated heterocycles. The van der Waals surface area contributed by atoms with Gasteiger partial charge in [-0.05, 0) is 55.9 Å². The van der Waals surface area contributed by atoms with Crippen molar-refractivity contribution in [1.29, 1.82) is 0 Å². The summed E-state index contributed by atoms with van der Waals surface area (Å²) >= 11 is 9.39. The number of benzene rings is 1. The summed E-state index contributed by atoms with van der Waals surface area (Å²) in [6.07, 6.45) is 4.51. The molecule has 0 atom stereocenters. The summed E-state index contributed by atoms with van der Waals surface area (Å²) in [5.74, 6) is 0.754. The first-order valence-corrected chi connectivity index (χ1v) is 10.8. The Kier molecular flexibility index (Phi) is 4.89. The van der Waals surface area contributed by atoms with E-state index in [0.717, 1.165) is 44.6 Å². The van der Waals surface area contributed by atoms with Crippen LogP contribution in [0.3, 0.4) is 0 Å². The van der Waals surface area contributed by atoms with E-state index in [4.69, 9.17) is 16.6 Å². The van der Waals surface area contributed by atoms with Gasteiger partial charge in [0, 0.05) is 22.2 Å². The third-order valence-corrected chi connectivity index (χ3v) is 7.08. The zero-order valence-electron chi connectivity index (χ0n) is 14.0. The molecule has 6 heteroatoms. The molecule has 0 fully saturated rings. The van der Waals surface area contributed by atoms with Gasteiger partial charge in [0.15, 0.2) is 5.16 Å². The number of aryl methyl sites for hydroxylation is 2. The van der Waals surface area contributed by atoms with Crippen molar-refractivity contribution >= 4 is 44.9 Å². The predicted molar refractivity (Wildman–Crippen MR) is 107 cm³/mol. The number of hydrogen-bond donors (Lipinski definition) is 0. The van der Waals surface area contributed by atoms with E-state index >= 15 is 0 Å². The lowest BCUT2D eigenvalue weighted by Gasteiger charge is -2.12. The molecule has 1 aromatic carbocycles. The maximum atomic E-state index is 13.1. The maximum Gasteiger partial charge on any atom is 0.263 e. The lowest BCUT2D eigenvalue weighted by Crippen LogP contribution is -2.22. The van der Waals surface area contributed by atoms with Crippen LogP contribution in [0.2, 0.25) is 5.02 Å². The van der Waals surface area contributed by atoms with Gasteiger partial charge in [-0.3, -0.25) is 9.36 Å². The first-order chi connectivity index (χ1) is 12.2. The second-order valence-corrected chi connectivity index (χ2v) is 8.72. The SMILES string of the molecule is CCn1c(SCc2cccc(Cl)c2)nc2sc3c(c2c1=O)CCCC3. The summed E-state index contributed by atoms with van der Waals surface area (Å²) in [5.41, 5.74) is 2.53. The second-order valence-electron chi connectivity index (χ2n) is 6.25. The van der Waals surface area contributed by atoms with E-state index in [0.29, 0.717) is 6.54 Å². The van der Waals surface area contributed by atoms with Gasteiger partial charge in [0.1, 0.15) is 4.83 Å². The van der Waals surface area contributed by atoms with Gasteiger partial charge >= 0.3 is 0 Å². The Labute approximate surface area is 160 Å². The molecule has 3 aromatic rings. The first kappa shape index (κ1) is 17.1. The number of hydrogen-bond acceptors (Lipinski definition) is 4. The van der Waals surface area contributed by atoms with Crippen molar-refractivity contribution in [3.8, 4) is 0 Å². The van der Waals surface area contributed by atoms with E-state index < -0.39 is 0 Å². The molecule has 2 aromatic heterocycles. The monoisotopic (exact) mass is 390 g/mol. The van der Waals surface area contributed by atoms with Crippen molar-refractivity contribution in [2.75, 3.05) is 0 Å². The number of fused-ring (bicyclic) bond motifs is 3. The van der Waals surface area contributed by atoms with Crippen LogP contribution in [0.25, 0.3) is 10.2 Å². The molecule has 3 nitrogen and oxygen atoms in total. The van der Waals surface area contributed by atoms with Crippen LogP contribution in [0.5, 0.6) is 0 Å². The van der Waals surface area contributed by atoms with Crippen LogP contribution in [0.15, 0.2) is 34.2 Å². The normalized spacial score (nSPS) is 14.0. The average molecular weight is 391 g/mol. The lowest BCUT2D eigenvalue weighted by molar-refractivity contribution is 0.633. The van der Waals surface area contributed by atoms with E-state index in [2.05, 4.69) is 6.07 Å². The fourth-order valence-corrected chi connectivity index (χ4v) is 5.91. The topological polar surface area (TPSA) is 34.9 Å². The molecule has 0 unspecified atom stereocenters. The van der Waals surface area contributed by atoms with E-state index in [9.17, 15) is 4.79 Å². The number of nitrogens with zero attached hydrogens (tertiary/aromatic N) is 2. The van der Waals surface area contributed by atoms with Gasteiger partial charge in [-0.1, -0.05) is 35.5 Å². The highest BCUT2D eigenvalue weighted by molar-refractivity contribution is 7.98. The Morgan fingerprint density at radius 2 is 2.16 bits per heavy atom. The molecule has 1 aliphatic rings. The summed E-state index contributed by atoms with van der Waals surface area (Å²) in [6.45, 7) is 2.65. The highest BCUT2D eigenvalue weighted by atomic mass is 35.5. The van der Waals surface area contributed by atoms with Gasteiger partial charge in [-0.15, -0.1) is 11.3 Å². The number of thiophene rings is 1. The summed E-state index contributed by atoms with van der Waals surface area (Å²) in [5, 5.41) is 2.41. The Morgan fingerprint density at radius 3 is 2.96 bits per heavy atom. The van der Waals surface area contributed by atoms with Crippen LogP contribution in [0.1, 0.15) is 35.8 Å². The van der Waals surface area contributed by atoms with Crippen molar-refractivity contribution < 1.29 is 0 Å². The number of aromatic nitrogens is 2. The van der Waals surface area contributed by atoms with E-state index in [1.807, 2.05) is 29.7 Å². The molecule has 2 heterocycles. The fourth-order valence-electron chi connectivity index (χ4n) is 3.38. The predicted octanol–water partition coefficient (Wildman–Crippen LogP) is 5.30. The van der Waals surface area contributed by atoms with Crippen molar-refractivity contribution in [2.45, 2.75) is 50.1 Å². The van der Waals surface area contributed by atoms with Gasteiger partial charge in [-0.25, -0.2) is 4.98 Å². The van der Waals surface area contributed by atoms with Crippen LogP contribution in [-0.2, 0) is 25.1 Å². The molecule has 0 radical (unpaired) electrons. The summed E-state index contributed by atoms with van der Waals surface area (Å²) in [4.78, 5) is 20.2. The molecular formula is C19H19ClN2OS2. The van der Waals surface area contributed by atoms with Crippen molar-refractivity contribution in [3.05, 3.63) is 55.6 Å². The minimum atomic E-state index is 0.125. The molecule has 0 saturated carbocycles. The standard InChI is InChI=1S/C19H19ClN2OS2/c1-2-22-18(23)16-14-8-3-4-9-15(14)25-17(16)21-19(22)24-11-12-6-5-7-13(20)10-12/h5-7,10H,2-4,8-9,11H2,1H3. The number of thioether (sulfide) groups is 1. The van der Waals surface area contributed by atoms with Gasteiger partial charge < -0.3 is 0 Å². The molecular weight excluding hydrogens is 372 g/mol. The molecule has 0 aliphatic heterocycles. The van der Waals surface area contributed by atoms with Gasteiger partial charge in [0.05, 0.1) is 5.39 Å². The second kappa shape index (κ2) is 7.14. The van der Waals surface area contributed by atoms with E-state index in [-0.39, 0.29) is 5.56 Å². The third kappa shape index (κ3) is 3.25. The van der Waals surface area contributed by atoms with Gasteiger partial charge in [-0.2, -0.15) is 0 Å². The van der Waals surface area contributed by atoms with E-state index in [1.54, 1.807) is 23.1 Å². The number of halogens is 1. The van der Waals surface area contributed by atoms with Crippen molar-refractivity contribution in [1.82, 2.24) is 9.55 Å². The third-order valence-electron chi connectivity index (χ3n) is 4.61. The minimum absolute atomic E-state index is 0.125.